The number of benzene rings is 1. The van der Waals surface area contributed by atoms with Gasteiger partial charge in [-0.25, -0.2) is 0 Å². The molecule has 0 heterocycles. The first kappa shape index (κ1) is 16.5. The summed E-state index contributed by atoms with van der Waals surface area (Å²) < 4.78 is 0. The number of amides is 2. The van der Waals surface area contributed by atoms with Crippen LogP contribution in [0.4, 0.5) is 5.69 Å². The van der Waals surface area contributed by atoms with E-state index in [1.165, 1.54) is 11.0 Å². The lowest BCUT2D eigenvalue weighted by atomic mass is 10.3. The number of nitrogens with one attached hydrogen (secondary N) is 1. The number of carbonyl (C=O) groups is 2. The van der Waals surface area contributed by atoms with Crippen LogP contribution in [0.3, 0.4) is 0 Å². The zero-order valence-corrected chi connectivity index (χ0v) is 13.0. The molecule has 1 rings (SSSR count). The minimum atomic E-state index is -0.304. The molecule has 0 saturated heterocycles. The fourth-order valence-corrected chi connectivity index (χ4v) is 1.72. The van der Waals surface area contributed by atoms with E-state index in [0.717, 1.165) is 5.57 Å². The van der Waals surface area contributed by atoms with Gasteiger partial charge in [0.2, 0.25) is 11.8 Å². The summed E-state index contributed by atoms with van der Waals surface area (Å²) in [5.41, 5.74) is 1.42. The number of hydrogen-bond donors (Lipinski definition) is 1. The van der Waals surface area contributed by atoms with Crippen LogP contribution in [0.5, 0.6) is 0 Å². The van der Waals surface area contributed by atoms with E-state index in [1.807, 2.05) is 13.8 Å². The molecule has 1 aromatic carbocycles. The summed E-state index contributed by atoms with van der Waals surface area (Å²) in [4.78, 5) is 24.8. The molecule has 0 unspecified atom stereocenters. The van der Waals surface area contributed by atoms with Gasteiger partial charge in [-0.2, -0.15) is 0 Å². The second-order valence-electron chi connectivity index (χ2n) is 4.59. The summed E-state index contributed by atoms with van der Waals surface area (Å²) in [5.74, 6) is -0.518. The summed E-state index contributed by atoms with van der Waals surface area (Å²) in [6.07, 6.45) is 1.48. The Morgan fingerprint density at radius 2 is 1.90 bits per heavy atom. The van der Waals surface area contributed by atoms with E-state index in [2.05, 4.69) is 5.32 Å². The van der Waals surface area contributed by atoms with E-state index < -0.39 is 0 Å². The van der Waals surface area contributed by atoms with Crippen LogP contribution in [0.2, 0.25) is 10.0 Å². The van der Waals surface area contributed by atoms with Gasteiger partial charge in [-0.15, -0.1) is 0 Å². The van der Waals surface area contributed by atoms with Crippen molar-refractivity contribution >= 4 is 40.7 Å². The Hall–Kier alpha value is -1.52. The highest BCUT2D eigenvalue weighted by molar-refractivity contribution is 6.42. The smallest absolute Gasteiger partial charge is 0.246 e. The fourth-order valence-electron chi connectivity index (χ4n) is 1.42. The summed E-state index contributed by atoms with van der Waals surface area (Å²) in [7, 11) is 1.57. The summed E-state index contributed by atoms with van der Waals surface area (Å²) in [5, 5.41) is 3.43. The van der Waals surface area contributed by atoms with Crippen molar-refractivity contribution in [1.29, 1.82) is 0 Å². The highest BCUT2D eigenvalue weighted by atomic mass is 35.5. The summed E-state index contributed by atoms with van der Waals surface area (Å²) in [6.45, 7) is 3.60. The molecule has 6 heteroatoms. The molecule has 1 N–H and O–H groups in total. The van der Waals surface area contributed by atoms with Gasteiger partial charge in [-0.05, 0) is 32.0 Å². The minimum absolute atomic E-state index is 0.0388. The van der Waals surface area contributed by atoms with Gasteiger partial charge in [0.25, 0.3) is 0 Å². The lowest BCUT2D eigenvalue weighted by Gasteiger charge is -2.15. The second-order valence-corrected chi connectivity index (χ2v) is 5.41. The van der Waals surface area contributed by atoms with E-state index in [-0.39, 0.29) is 18.4 Å². The average molecular weight is 315 g/mol. The zero-order valence-electron chi connectivity index (χ0n) is 11.5. The van der Waals surface area contributed by atoms with Crippen LogP contribution in [0, 0.1) is 0 Å². The number of halogens is 2. The number of nitrogens with zero attached hydrogens (tertiary/aromatic N) is 1. The van der Waals surface area contributed by atoms with Crippen molar-refractivity contribution in [2.45, 2.75) is 13.8 Å². The second kappa shape index (κ2) is 7.31. The summed E-state index contributed by atoms with van der Waals surface area (Å²) in [6, 6.07) is 4.79. The molecular formula is C14H16Cl2N2O2. The Kier molecular flexibility index (Phi) is 6.05. The zero-order chi connectivity index (χ0) is 15.3. The number of anilines is 1. The van der Waals surface area contributed by atoms with Gasteiger partial charge in [0, 0.05) is 18.8 Å². The van der Waals surface area contributed by atoms with Crippen molar-refractivity contribution < 1.29 is 9.59 Å². The van der Waals surface area contributed by atoms with Crippen molar-refractivity contribution in [2.24, 2.45) is 0 Å². The van der Waals surface area contributed by atoms with Crippen molar-refractivity contribution in [1.82, 2.24) is 4.90 Å². The summed E-state index contributed by atoms with van der Waals surface area (Å²) >= 11 is 11.6. The molecule has 0 saturated carbocycles. The van der Waals surface area contributed by atoms with Crippen LogP contribution in [-0.2, 0) is 9.59 Å². The van der Waals surface area contributed by atoms with Gasteiger partial charge in [0.15, 0.2) is 0 Å². The molecule has 0 aliphatic carbocycles. The Labute approximate surface area is 128 Å². The molecule has 0 bridgehead atoms. The third kappa shape index (κ3) is 5.23. The molecule has 2 amide bonds. The van der Waals surface area contributed by atoms with Crippen LogP contribution in [0.15, 0.2) is 29.8 Å². The van der Waals surface area contributed by atoms with Crippen molar-refractivity contribution in [3.05, 3.63) is 39.9 Å². The molecule has 1 aromatic rings. The van der Waals surface area contributed by atoms with Crippen LogP contribution < -0.4 is 5.32 Å². The van der Waals surface area contributed by atoms with Gasteiger partial charge in [-0.1, -0.05) is 28.8 Å². The van der Waals surface area contributed by atoms with Crippen molar-refractivity contribution in [3.8, 4) is 0 Å². The van der Waals surface area contributed by atoms with Crippen LogP contribution >= 0.6 is 23.2 Å². The highest BCUT2D eigenvalue weighted by Gasteiger charge is 2.11. The minimum Gasteiger partial charge on any atom is -0.333 e. The van der Waals surface area contributed by atoms with E-state index in [1.54, 1.807) is 25.2 Å². The molecule has 20 heavy (non-hydrogen) atoms. The van der Waals surface area contributed by atoms with Gasteiger partial charge in [0.1, 0.15) is 0 Å². The maximum absolute atomic E-state index is 11.8. The Balaban J connectivity index is 2.61. The highest BCUT2D eigenvalue weighted by Crippen LogP contribution is 2.24. The van der Waals surface area contributed by atoms with Crippen LogP contribution in [0.1, 0.15) is 13.8 Å². The molecule has 0 spiro atoms. The molecule has 0 atom stereocenters. The van der Waals surface area contributed by atoms with Crippen LogP contribution in [0.25, 0.3) is 0 Å². The predicted octanol–water partition coefficient (Wildman–Crippen LogP) is 3.36. The van der Waals surface area contributed by atoms with Crippen molar-refractivity contribution in [3.63, 3.8) is 0 Å². The molecule has 0 radical (unpaired) electrons. The maximum Gasteiger partial charge on any atom is 0.246 e. The molecule has 0 aliphatic heterocycles. The largest absolute Gasteiger partial charge is 0.333 e. The van der Waals surface area contributed by atoms with Gasteiger partial charge < -0.3 is 10.2 Å². The van der Waals surface area contributed by atoms with Gasteiger partial charge >= 0.3 is 0 Å². The maximum atomic E-state index is 11.8. The quantitative estimate of drug-likeness (QED) is 0.866. The Bertz CT molecular complexity index is 552. The predicted molar refractivity (Wildman–Crippen MR) is 82.2 cm³/mol. The molecule has 0 aliphatic rings. The standard InChI is InChI=1S/C14H16Cl2N2O2/c1-9(2)6-14(20)18(3)8-13(19)17-10-4-5-11(15)12(16)7-10/h4-7H,8H2,1-3H3,(H,17,19). The lowest BCUT2D eigenvalue weighted by molar-refractivity contribution is -0.129. The molecular weight excluding hydrogens is 299 g/mol. The number of carbonyl (C=O) groups excluding carboxylic acids is 2. The molecule has 4 nitrogen and oxygen atoms in total. The molecule has 0 fully saturated rings. The topological polar surface area (TPSA) is 49.4 Å². The normalized spacial score (nSPS) is 9.85. The van der Waals surface area contributed by atoms with Gasteiger partial charge in [-0.3, -0.25) is 9.59 Å². The number of rotatable bonds is 4. The van der Waals surface area contributed by atoms with E-state index in [0.29, 0.717) is 15.7 Å². The fraction of sp³-hybridized carbons (Fsp3) is 0.286. The molecule has 108 valence electrons. The molecule has 0 aromatic heterocycles. The first-order valence-corrected chi connectivity index (χ1v) is 6.70. The third-order valence-corrected chi connectivity index (χ3v) is 3.11. The van der Waals surface area contributed by atoms with Crippen molar-refractivity contribution in [2.75, 3.05) is 18.9 Å². The first-order valence-electron chi connectivity index (χ1n) is 5.94. The van der Waals surface area contributed by atoms with Gasteiger partial charge in [0.05, 0.1) is 16.6 Å². The first-order chi connectivity index (χ1) is 9.29. The number of likely N-dealkylation sites (N-methyl/N-ethyl adjacent to an activating group) is 1. The average Bonchev–Trinajstić information content (AvgIpc) is 2.32. The monoisotopic (exact) mass is 314 g/mol. The lowest BCUT2D eigenvalue weighted by Crippen LogP contribution is -2.34. The SMILES string of the molecule is CC(C)=CC(=O)N(C)CC(=O)Nc1ccc(Cl)c(Cl)c1. The van der Waals surface area contributed by atoms with E-state index in [4.69, 9.17) is 23.2 Å². The Morgan fingerprint density at radius 1 is 1.25 bits per heavy atom. The number of hydrogen-bond acceptors (Lipinski definition) is 2. The van der Waals surface area contributed by atoms with Crippen LogP contribution in [-0.4, -0.2) is 30.3 Å². The van der Waals surface area contributed by atoms with E-state index in [9.17, 15) is 9.59 Å². The Morgan fingerprint density at radius 3 is 2.45 bits per heavy atom. The third-order valence-electron chi connectivity index (χ3n) is 2.37. The number of allylic oxidation sites excluding steroid dienone is 1. The van der Waals surface area contributed by atoms with E-state index >= 15 is 0 Å².